The van der Waals surface area contributed by atoms with Crippen molar-refractivity contribution < 1.29 is 9.18 Å². The van der Waals surface area contributed by atoms with Gasteiger partial charge in [0, 0.05) is 23.8 Å². The number of aryl methyl sites for hydroxylation is 1. The van der Waals surface area contributed by atoms with Gasteiger partial charge < -0.3 is 4.90 Å². The number of aromatic nitrogens is 3. The lowest BCUT2D eigenvalue weighted by atomic mass is 10.0. The van der Waals surface area contributed by atoms with Crippen LogP contribution >= 0.6 is 0 Å². The minimum atomic E-state index is -0.271. The molecule has 0 saturated carbocycles. The first-order valence-electron chi connectivity index (χ1n) is 9.65. The largest absolute Gasteiger partial charge is 0.308 e. The quantitative estimate of drug-likeness (QED) is 0.530. The molecule has 29 heavy (non-hydrogen) atoms. The number of carbonyl (C=O) groups excluding carboxylic acids is 1. The lowest BCUT2D eigenvalue weighted by Gasteiger charge is -2.29. The van der Waals surface area contributed by atoms with Crippen LogP contribution in [0.5, 0.6) is 0 Å². The predicted octanol–water partition coefficient (Wildman–Crippen LogP) is 4.21. The number of fused-ring (bicyclic) bond motifs is 2. The summed E-state index contributed by atoms with van der Waals surface area (Å²) in [4.78, 5) is 19.4. The SMILES string of the molecule is O=C(c1cnc2c(cnn2Cc2ccccc2)c1)N1CCCc2cc(F)ccc21. The maximum Gasteiger partial charge on any atom is 0.259 e. The Bertz CT molecular complexity index is 1200. The molecule has 0 saturated heterocycles. The second-order valence-electron chi connectivity index (χ2n) is 7.26. The van der Waals surface area contributed by atoms with Crippen LogP contribution in [0.2, 0.25) is 0 Å². The van der Waals surface area contributed by atoms with E-state index in [0.29, 0.717) is 18.7 Å². The molecule has 0 fully saturated rings. The molecular weight excluding hydrogens is 367 g/mol. The van der Waals surface area contributed by atoms with Crippen molar-refractivity contribution in [1.29, 1.82) is 0 Å². The van der Waals surface area contributed by atoms with E-state index in [9.17, 15) is 9.18 Å². The molecule has 3 heterocycles. The summed E-state index contributed by atoms with van der Waals surface area (Å²) in [5, 5.41) is 5.26. The third-order valence-electron chi connectivity index (χ3n) is 5.30. The van der Waals surface area contributed by atoms with Crippen molar-refractivity contribution in [3.8, 4) is 0 Å². The number of rotatable bonds is 3. The zero-order chi connectivity index (χ0) is 19.8. The van der Waals surface area contributed by atoms with E-state index in [4.69, 9.17) is 0 Å². The zero-order valence-corrected chi connectivity index (χ0v) is 15.8. The highest BCUT2D eigenvalue weighted by Crippen LogP contribution is 2.29. The molecule has 4 aromatic rings. The number of pyridine rings is 1. The highest BCUT2D eigenvalue weighted by Gasteiger charge is 2.24. The van der Waals surface area contributed by atoms with E-state index in [0.717, 1.165) is 40.7 Å². The van der Waals surface area contributed by atoms with Crippen molar-refractivity contribution in [2.45, 2.75) is 19.4 Å². The molecule has 0 bridgehead atoms. The predicted molar refractivity (Wildman–Crippen MR) is 109 cm³/mol. The van der Waals surface area contributed by atoms with Crippen LogP contribution in [-0.4, -0.2) is 27.2 Å². The minimum Gasteiger partial charge on any atom is -0.308 e. The number of hydrogen-bond acceptors (Lipinski definition) is 3. The lowest BCUT2D eigenvalue weighted by Crippen LogP contribution is -2.35. The standard InChI is InChI=1S/C23H19FN4O/c24-20-8-9-21-17(12-20)7-4-10-27(21)23(29)19-11-18-14-26-28(22(18)25-13-19)15-16-5-2-1-3-6-16/h1-3,5-6,8-9,11-14H,4,7,10,15H2. The third-order valence-corrected chi connectivity index (χ3v) is 5.30. The summed E-state index contributed by atoms with van der Waals surface area (Å²) in [7, 11) is 0. The first-order valence-corrected chi connectivity index (χ1v) is 9.65. The van der Waals surface area contributed by atoms with Gasteiger partial charge in [-0.25, -0.2) is 14.1 Å². The van der Waals surface area contributed by atoms with Crippen LogP contribution in [-0.2, 0) is 13.0 Å². The highest BCUT2D eigenvalue weighted by molar-refractivity contribution is 6.07. The summed E-state index contributed by atoms with van der Waals surface area (Å²) in [6, 6.07) is 16.5. The van der Waals surface area contributed by atoms with Gasteiger partial charge in [0.2, 0.25) is 0 Å². The van der Waals surface area contributed by atoms with Crippen LogP contribution in [0.25, 0.3) is 11.0 Å². The smallest absolute Gasteiger partial charge is 0.259 e. The van der Waals surface area contributed by atoms with Gasteiger partial charge in [-0.05, 0) is 48.2 Å². The molecule has 5 rings (SSSR count). The Morgan fingerprint density at radius 3 is 2.79 bits per heavy atom. The van der Waals surface area contributed by atoms with Crippen molar-refractivity contribution in [2.75, 3.05) is 11.4 Å². The Labute approximate surface area is 167 Å². The second-order valence-corrected chi connectivity index (χ2v) is 7.26. The van der Waals surface area contributed by atoms with Gasteiger partial charge in [0.25, 0.3) is 5.91 Å². The summed E-state index contributed by atoms with van der Waals surface area (Å²) in [6.07, 6.45) is 4.93. The van der Waals surface area contributed by atoms with Gasteiger partial charge >= 0.3 is 0 Å². The van der Waals surface area contributed by atoms with Crippen molar-refractivity contribution in [2.24, 2.45) is 0 Å². The van der Waals surface area contributed by atoms with E-state index in [1.54, 1.807) is 23.4 Å². The van der Waals surface area contributed by atoms with E-state index in [2.05, 4.69) is 10.1 Å². The van der Waals surface area contributed by atoms with Gasteiger partial charge in [-0.3, -0.25) is 4.79 Å². The summed E-state index contributed by atoms with van der Waals surface area (Å²) in [5.74, 6) is -0.394. The van der Waals surface area contributed by atoms with Gasteiger partial charge in [0.1, 0.15) is 5.82 Å². The number of anilines is 1. The van der Waals surface area contributed by atoms with E-state index < -0.39 is 0 Å². The normalized spacial score (nSPS) is 13.5. The van der Waals surface area contributed by atoms with E-state index >= 15 is 0 Å². The molecule has 0 unspecified atom stereocenters. The fraction of sp³-hybridized carbons (Fsp3) is 0.174. The van der Waals surface area contributed by atoms with Crippen molar-refractivity contribution in [1.82, 2.24) is 14.8 Å². The zero-order valence-electron chi connectivity index (χ0n) is 15.8. The molecule has 1 aliphatic rings. The molecule has 1 amide bonds. The first-order chi connectivity index (χ1) is 14.2. The summed E-state index contributed by atoms with van der Waals surface area (Å²) >= 11 is 0. The van der Waals surface area contributed by atoms with Crippen LogP contribution in [0.4, 0.5) is 10.1 Å². The fourth-order valence-corrected chi connectivity index (χ4v) is 3.89. The van der Waals surface area contributed by atoms with E-state index in [1.807, 2.05) is 41.1 Å². The number of benzene rings is 2. The lowest BCUT2D eigenvalue weighted by molar-refractivity contribution is 0.0985. The van der Waals surface area contributed by atoms with Crippen LogP contribution < -0.4 is 4.90 Å². The van der Waals surface area contributed by atoms with Crippen LogP contribution in [0, 0.1) is 5.82 Å². The average Bonchev–Trinajstić information content (AvgIpc) is 3.15. The molecule has 2 aromatic carbocycles. The average molecular weight is 386 g/mol. The van der Waals surface area contributed by atoms with Gasteiger partial charge in [-0.15, -0.1) is 0 Å². The maximum atomic E-state index is 13.6. The highest BCUT2D eigenvalue weighted by atomic mass is 19.1. The molecule has 0 atom stereocenters. The van der Waals surface area contributed by atoms with Gasteiger partial charge in [0.15, 0.2) is 5.65 Å². The molecule has 0 aliphatic carbocycles. The number of halogens is 1. The Balaban J connectivity index is 1.45. The van der Waals surface area contributed by atoms with Crippen LogP contribution in [0.3, 0.4) is 0 Å². The van der Waals surface area contributed by atoms with Crippen molar-refractivity contribution in [3.05, 3.63) is 89.5 Å². The number of carbonyl (C=O) groups is 1. The van der Waals surface area contributed by atoms with E-state index in [1.165, 1.54) is 12.1 Å². The van der Waals surface area contributed by atoms with Crippen molar-refractivity contribution >= 4 is 22.6 Å². The maximum absolute atomic E-state index is 13.6. The van der Waals surface area contributed by atoms with Crippen LogP contribution in [0.1, 0.15) is 27.9 Å². The third kappa shape index (κ3) is 3.27. The van der Waals surface area contributed by atoms with Gasteiger partial charge in [-0.1, -0.05) is 30.3 Å². The van der Waals surface area contributed by atoms with Crippen molar-refractivity contribution in [3.63, 3.8) is 0 Å². The van der Waals surface area contributed by atoms with E-state index in [-0.39, 0.29) is 11.7 Å². The van der Waals surface area contributed by atoms with Gasteiger partial charge in [-0.2, -0.15) is 5.10 Å². The Morgan fingerprint density at radius 1 is 1.07 bits per heavy atom. The monoisotopic (exact) mass is 386 g/mol. The van der Waals surface area contributed by atoms with Crippen LogP contribution in [0.15, 0.2) is 67.0 Å². The first kappa shape index (κ1) is 17.6. The number of hydrogen-bond donors (Lipinski definition) is 0. The number of amides is 1. The molecule has 2 aromatic heterocycles. The molecule has 0 spiro atoms. The summed E-state index contributed by atoms with van der Waals surface area (Å²) < 4.78 is 15.4. The second kappa shape index (κ2) is 7.13. The molecule has 6 heteroatoms. The molecule has 144 valence electrons. The minimum absolute atomic E-state index is 0.122. The van der Waals surface area contributed by atoms with Gasteiger partial charge in [0.05, 0.1) is 18.3 Å². The molecule has 0 radical (unpaired) electrons. The topological polar surface area (TPSA) is 51.0 Å². The fourth-order valence-electron chi connectivity index (χ4n) is 3.89. The summed E-state index contributed by atoms with van der Waals surface area (Å²) in [5.41, 5.74) is 4.04. The Hall–Kier alpha value is -3.54. The molecular formula is C23H19FN4O. The summed E-state index contributed by atoms with van der Waals surface area (Å²) in [6.45, 7) is 1.23. The Kier molecular flexibility index (Phi) is 4.31. The molecule has 1 aliphatic heterocycles. The number of nitrogens with zero attached hydrogens (tertiary/aromatic N) is 4. The Morgan fingerprint density at radius 2 is 1.93 bits per heavy atom. The molecule has 0 N–H and O–H groups in total. The molecule has 5 nitrogen and oxygen atoms in total.